The fourth-order valence-electron chi connectivity index (χ4n) is 3.27. The molecule has 1 aliphatic rings. The summed E-state index contributed by atoms with van der Waals surface area (Å²) in [5, 5.41) is 0. The Hall–Kier alpha value is -2.16. The van der Waals surface area contributed by atoms with Crippen LogP contribution < -0.4 is 10.5 Å². The van der Waals surface area contributed by atoms with Crippen LogP contribution in [0.1, 0.15) is 23.7 Å². The van der Waals surface area contributed by atoms with Crippen LogP contribution in [-0.4, -0.2) is 38.4 Å². The lowest BCUT2D eigenvalue weighted by Crippen LogP contribution is -2.34. The molecule has 2 unspecified atom stereocenters. The van der Waals surface area contributed by atoms with Gasteiger partial charge < -0.3 is 10.6 Å². The van der Waals surface area contributed by atoms with Gasteiger partial charge in [0.1, 0.15) is 5.82 Å². The lowest BCUT2D eigenvalue weighted by atomic mass is 10.1. The van der Waals surface area contributed by atoms with Gasteiger partial charge in [0, 0.05) is 23.8 Å². The minimum atomic E-state index is -3.82. The third kappa shape index (κ3) is 4.81. The maximum Gasteiger partial charge on any atom is 0.261 e. The van der Waals surface area contributed by atoms with E-state index in [1.54, 1.807) is 17.0 Å². The Bertz CT molecular complexity index is 920. The molecule has 1 fully saturated rings. The largest absolute Gasteiger partial charge is 0.336 e. The molecule has 9 heteroatoms. The lowest BCUT2D eigenvalue weighted by molar-refractivity contribution is 0.0743. The van der Waals surface area contributed by atoms with Gasteiger partial charge in [-0.25, -0.2) is 12.8 Å². The first-order valence-corrected chi connectivity index (χ1v) is 10.2. The van der Waals surface area contributed by atoms with Crippen molar-refractivity contribution in [1.82, 2.24) is 4.90 Å². The Kier molecular flexibility index (Phi) is 7.03. The highest BCUT2D eigenvalue weighted by Gasteiger charge is 2.32. The first kappa shape index (κ1) is 22.1. The number of benzene rings is 2. The minimum absolute atomic E-state index is 0. The third-order valence-corrected chi connectivity index (χ3v) is 6.16. The zero-order valence-electron chi connectivity index (χ0n) is 15.3. The number of carbonyl (C=O) groups is 1. The maximum atomic E-state index is 13.0. The molecule has 0 bridgehead atoms. The van der Waals surface area contributed by atoms with Crippen LogP contribution in [0.25, 0.3) is 0 Å². The summed E-state index contributed by atoms with van der Waals surface area (Å²) < 4.78 is 40.1. The fourth-order valence-corrected chi connectivity index (χ4v) is 4.33. The summed E-state index contributed by atoms with van der Waals surface area (Å²) >= 11 is 0. The van der Waals surface area contributed by atoms with E-state index in [9.17, 15) is 17.6 Å². The molecule has 0 saturated carbocycles. The molecule has 0 spiro atoms. The Morgan fingerprint density at radius 1 is 1.18 bits per heavy atom. The Balaban J connectivity index is 0.00000280. The van der Waals surface area contributed by atoms with Crippen LogP contribution in [0, 0.1) is 11.7 Å². The number of carbonyl (C=O) groups excluding carboxylic acids is 1. The normalized spacial score (nSPS) is 19.2. The van der Waals surface area contributed by atoms with E-state index in [-0.39, 0.29) is 29.3 Å². The van der Waals surface area contributed by atoms with Gasteiger partial charge in [0.05, 0.1) is 4.90 Å². The van der Waals surface area contributed by atoms with E-state index < -0.39 is 15.8 Å². The van der Waals surface area contributed by atoms with E-state index >= 15 is 0 Å². The summed E-state index contributed by atoms with van der Waals surface area (Å²) in [7, 11) is -3.82. The molecule has 1 aliphatic heterocycles. The molecule has 152 valence electrons. The summed E-state index contributed by atoms with van der Waals surface area (Å²) in [5.41, 5.74) is 6.52. The summed E-state index contributed by atoms with van der Waals surface area (Å²) in [4.78, 5) is 14.4. The predicted octanol–water partition coefficient (Wildman–Crippen LogP) is 2.86. The van der Waals surface area contributed by atoms with Crippen molar-refractivity contribution in [3.05, 3.63) is 59.9 Å². The van der Waals surface area contributed by atoms with E-state index in [1.807, 2.05) is 6.92 Å². The van der Waals surface area contributed by atoms with Crippen molar-refractivity contribution in [2.24, 2.45) is 11.7 Å². The summed E-state index contributed by atoms with van der Waals surface area (Å²) in [6.45, 7) is 3.19. The first-order chi connectivity index (χ1) is 12.8. The number of anilines is 1. The number of hydrogen-bond acceptors (Lipinski definition) is 4. The number of nitrogens with two attached hydrogens (primary N) is 1. The Labute approximate surface area is 170 Å². The quantitative estimate of drug-likeness (QED) is 0.767. The van der Waals surface area contributed by atoms with Crippen molar-refractivity contribution in [3.63, 3.8) is 0 Å². The number of halogens is 2. The van der Waals surface area contributed by atoms with Crippen molar-refractivity contribution >= 4 is 34.0 Å². The van der Waals surface area contributed by atoms with Crippen LogP contribution in [0.4, 0.5) is 10.1 Å². The zero-order chi connectivity index (χ0) is 19.6. The van der Waals surface area contributed by atoms with Crippen LogP contribution in [0.15, 0.2) is 53.4 Å². The standard InChI is InChI=1S/C19H22FN3O3S.ClH/c1-13-10-14(11-21)12-23(13)19(24)15-2-6-17(7-3-15)22-27(25,26)18-8-4-16(20)5-9-18;/h2-9,13-14,22H,10-12,21H2,1H3;1H. The Morgan fingerprint density at radius 2 is 1.79 bits per heavy atom. The number of nitrogens with zero attached hydrogens (tertiary/aromatic N) is 1. The molecule has 3 rings (SSSR count). The van der Waals surface area contributed by atoms with Crippen LogP contribution in [0.2, 0.25) is 0 Å². The molecule has 1 saturated heterocycles. The zero-order valence-corrected chi connectivity index (χ0v) is 17.0. The van der Waals surface area contributed by atoms with Crippen LogP contribution in [-0.2, 0) is 10.0 Å². The number of likely N-dealkylation sites (tertiary alicyclic amines) is 1. The molecule has 1 heterocycles. The first-order valence-electron chi connectivity index (χ1n) is 8.69. The lowest BCUT2D eigenvalue weighted by Gasteiger charge is -2.21. The average molecular weight is 428 g/mol. The second-order valence-corrected chi connectivity index (χ2v) is 8.46. The van der Waals surface area contributed by atoms with E-state index in [4.69, 9.17) is 5.73 Å². The van der Waals surface area contributed by atoms with E-state index in [0.29, 0.717) is 30.3 Å². The molecular formula is C19H23ClFN3O3S. The number of sulfonamides is 1. The van der Waals surface area contributed by atoms with E-state index in [2.05, 4.69) is 4.72 Å². The molecule has 6 nitrogen and oxygen atoms in total. The summed E-state index contributed by atoms with van der Waals surface area (Å²) in [6.07, 6.45) is 0.887. The van der Waals surface area contributed by atoms with Gasteiger partial charge in [-0.15, -0.1) is 12.4 Å². The van der Waals surface area contributed by atoms with Gasteiger partial charge in [-0.3, -0.25) is 9.52 Å². The van der Waals surface area contributed by atoms with Crippen LogP contribution >= 0.6 is 12.4 Å². The fraction of sp³-hybridized carbons (Fsp3) is 0.316. The van der Waals surface area contributed by atoms with Gasteiger partial charge in [0.15, 0.2) is 0 Å². The monoisotopic (exact) mass is 427 g/mol. The van der Waals surface area contributed by atoms with Gasteiger partial charge in [0.2, 0.25) is 0 Å². The molecule has 2 aromatic rings. The second kappa shape index (κ2) is 8.89. The van der Waals surface area contributed by atoms with E-state index in [0.717, 1.165) is 18.6 Å². The van der Waals surface area contributed by atoms with Crippen molar-refractivity contribution < 1.29 is 17.6 Å². The molecule has 2 atom stereocenters. The van der Waals surface area contributed by atoms with Gasteiger partial charge in [-0.1, -0.05) is 0 Å². The highest BCUT2D eigenvalue weighted by molar-refractivity contribution is 7.92. The number of amides is 1. The third-order valence-electron chi connectivity index (χ3n) is 4.76. The Morgan fingerprint density at radius 3 is 2.32 bits per heavy atom. The maximum absolute atomic E-state index is 13.0. The van der Waals surface area contributed by atoms with Crippen LogP contribution in [0.5, 0.6) is 0 Å². The molecule has 2 aromatic carbocycles. The van der Waals surface area contributed by atoms with Crippen LogP contribution in [0.3, 0.4) is 0 Å². The highest BCUT2D eigenvalue weighted by atomic mass is 35.5. The van der Waals surface area contributed by atoms with Crippen molar-refractivity contribution in [2.75, 3.05) is 17.8 Å². The van der Waals surface area contributed by atoms with E-state index in [1.165, 1.54) is 24.3 Å². The second-order valence-electron chi connectivity index (χ2n) is 6.78. The molecular weight excluding hydrogens is 405 g/mol. The number of hydrogen-bond donors (Lipinski definition) is 2. The topological polar surface area (TPSA) is 92.5 Å². The number of rotatable bonds is 5. The van der Waals surface area contributed by atoms with Gasteiger partial charge in [-0.05, 0) is 74.3 Å². The molecule has 0 aromatic heterocycles. The number of nitrogens with one attached hydrogen (secondary N) is 1. The van der Waals surface area contributed by atoms with Crippen molar-refractivity contribution in [3.8, 4) is 0 Å². The van der Waals surface area contributed by atoms with Gasteiger partial charge in [-0.2, -0.15) is 0 Å². The molecule has 1 amide bonds. The molecule has 28 heavy (non-hydrogen) atoms. The van der Waals surface area contributed by atoms with Crippen molar-refractivity contribution in [1.29, 1.82) is 0 Å². The molecule has 3 N–H and O–H groups in total. The predicted molar refractivity (Wildman–Crippen MR) is 109 cm³/mol. The SMILES string of the molecule is CC1CC(CN)CN1C(=O)c1ccc(NS(=O)(=O)c2ccc(F)cc2)cc1.Cl. The summed E-state index contributed by atoms with van der Waals surface area (Å²) in [6, 6.07) is 10.9. The minimum Gasteiger partial charge on any atom is -0.336 e. The average Bonchev–Trinajstić information content (AvgIpc) is 3.03. The summed E-state index contributed by atoms with van der Waals surface area (Å²) in [5.74, 6) is -0.290. The smallest absolute Gasteiger partial charge is 0.261 e. The van der Waals surface area contributed by atoms with Crippen molar-refractivity contribution in [2.45, 2.75) is 24.3 Å². The van der Waals surface area contributed by atoms with Gasteiger partial charge >= 0.3 is 0 Å². The molecule has 0 aliphatic carbocycles. The van der Waals surface area contributed by atoms with Gasteiger partial charge in [0.25, 0.3) is 15.9 Å². The highest BCUT2D eigenvalue weighted by Crippen LogP contribution is 2.25. The molecule has 0 radical (unpaired) electrons.